The molecule has 0 aliphatic carbocycles. The molecule has 2 aliphatic heterocycles. The van der Waals surface area contributed by atoms with Crippen molar-refractivity contribution in [3.8, 4) is 17.2 Å². The van der Waals surface area contributed by atoms with Crippen LogP contribution in [0.15, 0.2) is 52.9 Å². The number of carbonyl (C=O) groups is 1. The van der Waals surface area contributed by atoms with Crippen LogP contribution in [0.25, 0.3) is 11.5 Å². The monoisotopic (exact) mass is 496 g/mol. The summed E-state index contributed by atoms with van der Waals surface area (Å²) in [6, 6.07) is 14.3. The van der Waals surface area contributed by atoms with Crippen molar-refractivity contribution in [2.24, 2.45) is 5.92 Å². The number of oxazole rings is 1. The number of amides is 1. The Bertz CT molecular complexity index is 1170. The second-order valence-corrected chi connectivity index (χ2v) is 10.1. The molecule has 1 amide bonds. The van der Waals surface area contributed by atoms with E-state index in [0.29, 0.717) is 18.2 Å². The Kier molecular flexibility index (Phi) is 7.08. The van der Waals surface area contributed by atoms with E-state index in [0.717, 1.165) is 47.8 Å². The Hall–Kier alpha value is -2.88. The van der Waals surface area contributed by atoms with Gasteiger partial charge >= 0.3 is 0 Å². The van der Waals surface area contributed by atoms with Crippen molar-refractivity contribution >= 4 is 17.7 Å². The number of likely N-dealkylation sites (tertiary alicyclic amines) is 1. The highest BCUT2D eigenvalue weighted by atomic mass is 32.2. The maximum atomic E-state index is 13.2. The zero-order valence-corrected chi connectivity index (χ0v) is 20.6. The summed E-state index contributed by atoms with van der Waals surface area (Å²) in [4.78, 5) is 19.9. The number of nitrogens with zero attached hydrogens (tertiary/aromatic N) is 2. The van der Waals surface area contributed by atoms with E-state index in [-0.39, 0.29) is 29.2 Å². The molecule has 0 radical (unpaired) electrons. The molecule has 3 atom stereocenters. The molecule has 184 valence electrons. The predicted molar refractivity (Wildman–Crippen MR) is 133 cm³/mol. The number of piperidine rings is 1. The van der Waals surface area contributed by atoms with Gasteiger partial charge in [-0.15, -0.1) is 11.8 Å². The van der Waals surface area contributed by atoms with Crippen LogP contribution in [0, 0.1) is 18.7 Å². The summed E-state index contributed by atoms with van der Waals surface area (Å²) in [7, 11) is 1.64. The maximum Gasteiger partial charge on any atom is 0.227 e. The molecule has 2 aliphatic rings. The molecule has 3 aromatic rings. The number of aromatic nitrogens is 1. The molecule has 5 rings (SSSR count). The molecule has 2 fully saturated rings. The topological polar surface area (TPSA) is 79.6 Å². The van der Waals surface area contributed by atoms with Gasteiger partial charge in [-0.2, -0.15) is 0 Å². The first kappa shape index (κ1) is 23.8. The van der Waals surface area contributed by atoms with E-state index in [2.05, 4.69) is 20.5 Å². The minimum absolute atomic E-state index is 0.0749. The van der Waals surface area contributed by atoms with Gasteiger partial charge in [0.05, 0.1) is 18.7 Å². The number of ether oxygens (including phenoxy) is 1. The molecule has 2 aromatic carbocycles. The Labute approximate surface area is 208 Å². The molecule has 9 heteroatoms. The second kappa shape index (κ2) is 10.4. The number of halogens is 1. The number of rotatable bonds is 7. The quantitative estimate of drug-likeness (QED) is 0.513. The molecular weight excluding hydrogens is 467 g/mol. The minimum Gasteiger partial charge on any atom is -0.497 e. The van der Waals surface area contributed by atoms with Gasteiger partial charge in [-0.25, -0.2) is 9.37 Å². The Balaban J connectivity index is 1.15. The first-order valence-corrected chi connectivity index (χ1v) is 12.8. The zero-order chi connectivity index (χ0) is 24.4. The molecule has 2 saturated heterocycles. The Morgan fingerprint density at radius 1 is 1.20 bits per heavy atom. The average Bonchev–Trinajstić information content (AvgIpc) is 3.25. The average molecular weight is 497 g/mol. The van der Waals surface area contributed by atoms with Gasteiger partial charge in [-0.1, -0.05) is 12.1 Å². The lowest BCUT2D eigenvalue weighted by molar-refractivity contribution is -0.130. The molecule has 3 unspecified atom stereocenters. The van der Waals surface area contributed by atoms with Crippen LogP contribution in [0.1, 0.15) is 23.4 Å². The van der Waals surface area contributed by atoms with Crippen LogP contribution < -0.4 is 15.4 Å². The lowest BCUT2D eigenvalue weighted by Gasteiger charge is -2.43. The molecule has 0 spiro atoms. The number of nitrogens with one attached hydrogen (secondary N) is 2. The van der Waals surface area contributed by atoms with Gasteiger partial charge in [-0.3, -0.25) is 15.0 Å². The summed E-state index contributed by atoms with van der Waals surface area (Å²) in [5, 5.41) is 6.71. The fraction of sp³-hybridized carbons (Fsp3) is 0.385. The van der Waals surface area contributed by atoms with Gasteiger partial charge in [0.25, 0.3) is 0 Å². The highest BCUT2D eigenvalue weighted by molar-refractivity contribution is 7.99. The standard InChI is InChI=1S/C26H29FN4O3S/c1-16-23(28-25(34-16)18-5-9-20(33-2)10-6-18)15-35-26-29-22-11-12-31(14-21(22)24(32)30-26)13-17-3-7-19(27)8-4-17/h3-10,21-22,26,29H,11-15H2,1-2H3,(H,30,32). The van der Waals surface area contributed by atoms with E-state index in [4.69, 9.17) is 9.15 Å². The van der Waals surface area contributed by atoms with Crippen LogP contribution in [-0.2, 0) is 17.1 Å². The molecule has 7 nitrogen and oxygen atoms in total. The number of methoxy groups -OCH3 is 1. The summed E-state index contributed by atoms with van der Waals surface area (Å²) in [5.74, 6) is 2.50. The van der Waals surface area contributed by atoms with Crippen molar-refractivity contribution in [3.63, 3.8) is 0 Å². The van der Waals surface area contributed by atoms with Crippen LogP contribution in [0.4, 0.5) is 4.39 Å². The van der Waals surface area contributed by atoms with Crippen LogP contribution >= 0.6 is 11.8 Å². The first-order valence-electron chi connectivity index (χ1n) is 11.7. The molecule has 2 N–H and O–H groups in total. The second-order valence-electron chi connectivity index (χ2n) is 8.98. The summed E-state index contributed by atoms with van der Waals surface area (Å²) < 4.78 is 24.3. The zero-order valence-electron chi connectivity index (χ0n) is 19.8. The molecule has 3 heterocycles. The van der Waals surface area contributed by atoms with Crippen molar-refractivity contribution in [3.05, 3.63) is 71.4 Å². The number of fused-ring (bicyclic) bond motifs is 1. The summed E-state index contributed by atoms with van der Waals surface area (Å²) >= 11 is 1.61. The highest BCUT2D eigenvalue weighted by Gasteiger charge is 2.40. The first-order chi connectivity index (χ1) is 17.0. The van der Waals surface area contributed by atoms with Crippen molar-refractivity contribution in [1.29, 1.82) is 0 Å². The van der Waals surface area contributed by atoms with Gasteiger partial charge in [0.2, 0.25) is 11.8 Å². The smallest absolute Gasteiger partial charge is 0.227 e. The number of aryl methyl sites for hydroxylation is 1. The van der Waals surface area contributed by atoms with Gasteiger partial charge in [-0.05, 0) is 55.3 Å². The number of hydrogen-bond donors (Lipinski definition) is 2. The van der Waals surface area contributed by atoms with Gasteiger partial charge < -0.3 is 14.5 Å². The summed E-state index contributed by atoms with van der Waals surface area (Å²) in [6.45, 7) is 4.21. The molecular formula is C26H29FN4O3S. The third kappa shape index (κ3) is 5.52. The predicted octanol–water partition coefficient (Wildman–Crippen LogP) is 3.92. The third-order valence-corrected chi connectivity index (χ3v) is 7.64. The lowest BCUT2D eigenvalue weighted by Crippen LogP contribution is -2.64. The van der Waals surface area contributed by atoms with Crippen LogP contribution in [-0.4, -0.2) is 47.5 Å². The van der Waals surface area contributed by atoms with E-state index >= 15 is 0 Å². The SMILES string of the molecule is COc1ccc(-c2nc(CSC3NC(=O)C4CN(Cc5ccc(F)cc5)CCC4N3)c(C)o2)cc1. The Morgan fingerprint density at radius 2 is 1.97 bits per heavy atom. The van der Waals surface area contributed by atoms with Gasteiger partial charge in [0.15, 0.2) is 0 Å². The molecule has 0 saturated carbocycles. The lowest BCUT2D eigenvalue weighted by atomic mass is 9.89. The third-order valence-electron chi connectivity index (χ3n) is 6.61. The van der Waals surface area contributed by atoms with E-state index in [1.54, 1.807) is 31.0 Å². The van der Waals surface area contributed by atoms with Crippen molar-refractivity contribution in [2.75, 3.05) is 20.2 Å². The fourth-order valence-electron chi connectivity index (χ4n) is 4.62. The number of benzene rings is 2. The Morgan fingerprint density at radius 3 is 2.71 bits per heavy atom. The van der Waals surface area contributed by atoms with E-state index in [1.807, 2.05) is 31.2 Å². The normalized spacial score (nSPS) is 22.5. The number of thioether (sulfide) groups is 1. The van der Waals surface area contributed by atoms with Crippen LogP contribution in [0.5, 0.6) is 5.75 Å². The maximum absolute atomic E-state index is 13.2. The van der Waals surface area contributed by atoms with E-state index < -0.39 is 0 Å². The molecule has 0 bridgehead atoms. The van der Waals surface area contributed by atoms with E-state index in [1.165, 1.54) is 12.1 Å². The molecule has 35 heavy (non-hydrogen) atoms. The van der Waals surface area contributed by atoms with Gasteiger partial charge in [0, 0.05) is 37.0 Å². The van der Waals surface area contributed by atoms with Crippen LogP contribution in [0.2, 0.25) is 0 Å². The summed E-state index contributed by atoms with van der Waals surface area (Å²) in [5.41, 5.74) is 2.64. The molecule has 1 aromatic heterocycles. The highest BCUT2D eigenvalue weighted by Crippen LogP contribution is 2.29. The fourth-order valence-corrected chi connectivity index (χ4v) is 5.68. The van der Waals surface area contributed by atoms with Crippen molar-refractivity contribution in [2.45, 2.75) is 37.2 Å². The summed E-state index contributed by atoms with van der Waals surface area (Å²) in [6.07, 6.45) is 0.890. The van der Waals surface area contributed by atoms with Gasteiger partial charge in [0.1, 0.15) is 22.8 Å². The van der Waals surface area contributed by atoms with Crippen molar-refractivity contribution < 1.29 is 18.3 Å². The van der Waals surface area contributed by atoms with Crippen LogP contribution in [0.3, 0.4) is 0 Å². The van der Waals surface area contributed by atoms with Crippen molar-refractivity contribution in [1.82, 2.24) is 20.5 Å². The number of carbonyl (C=O) groups excluding carboxylic acids is 1. The number of hydrogen-bond acceptors (Lipinski definition) is 7. The van der Waals surface area contributed by atoms with E-state index in [9.17, 15) is 9.18 Å². The minimum atomic E-state index is -0.232. The largest absolute Gasteiger partial charge is 0.497 e.